The molecule has 4 heteroatoms. The number of rotatable bonds is 3. The molecule has 0 fully saturated rings. The summed E-state index contributed by atoms with van der Waals surface area (Å²) in [7, 11) is 0. The van der Waals surface area contributed by atoms with Crippen LogP contribution in [0.4, 0.5) is 5.69 Å². The fourth-order valence-corrected chi connectivity index (χ4v) is 1.90. The number of carbonyl (C=O) groups is 1. The molecule has 0 atom stereocenters. The summed E-state index contributed by atoms with van der Waals surface area (Å²) in [5, 5.41) is 3.47. The van der Waals surface area contributed by atoms with Crippen molar-refractivity contribution in [3.63, 3.8) is 0 Å². The van der Waals surface area contributed by atoms with Crippen LogP contribution in [0.25, 0.3) is 0 Å². The lowest BCUT2D eigenvalue weighted by atomic mass is 10.2. The van der Waals surface area contributed by atoms with E-state index >= 15 is 0 Å². The minimum atomic E-state index is 0.0121. The number of halogens is 2. The first-order valence-corrected chi connectivity index (χ1v) is 5.97. The van der Waals surface area contributed by atoms with Crippen LogP contribution in [0.1, 0.15) is 25.3 Å². The molecule has 0 heterocycles. The van der Waals surface area contributed by atoms with Gasteiger partial charge in [0.25, 0.3) is 0 Å². The van der Waals surface area contributed by atoms with Crippen LogP contribution in [-0.2, 0) is 4.79 Å². The van der Waals surface area contributed by atoms with Crippen molar-refractivity contribution in [2.24, 2.45) is 0 Å². The molecule has 1 aromatic carbocycles. The molecule has 0 spiro atoms. The molecule has 1 N–H and O–H groups in total. The van der Waals surface area contributed by atoms with Crippen molar-refractivity contribution in [3.05, 3.63) is 27.2 Å². The summed E-state index contributed by atoms with van der Waals surface area (Å²) in [5.41, 5.74) is 1.71. The van der Waals surface area contributed by atoms with Gasteiger partial charge in [-0.1, -0.05) is 18.5 Å². The highest BCUT2D eigenvalue weighted by Gasteiger charge is 2.07. The first-order valence-electron chi connectivity index (χ1n) is 4.80. The largest absolute Gasteiger partial charge is 0.325 e. The van der Waals surface area contributed by atoms with Crippen LogP contribution in [0.3, 0.4) is 0 Å². The van der Waals surface area contributed by atoms with Crippen molar-refractivity contribution in [2.75, 3.05) is 5.32 Å². The van der Waals surface area contributed by atoms with Gasteiger partial charge >= 0.3 is 0 Å². The van der Waals surface area contributed by atoms with Crippen LogP contribution in [0.5, 0.6) is 0 Å². The van der Waals surface area contributed by atoms with Crippen LogP contribution >= 0.6 is 27.5 Å². The number of aryl methyl sites for hydroxylation is 1. The van der Waals surface area contributed by atoms with E-state index in [1.54, 1.807) is 6.07 Å². The Kier molecular flexibility index (Phi) is 4.61. The highest BCUT2D eigenvalue weighted by atomic mass is 79.9. The lowest BCUT2D eigenvalue weighted by Gasteiger charge is -2.08. The number of hydrogen-bond acceptors (Lipinski definition) is 1. The van der Waals surface area contributed by atoms with Crippen molar-refractivity contribution < 1.29 is 4.79 Å². The predicted molar refractivity (Wildman–Crippen MR) is 67.4 cm³/mol. The van der Waals surface area contributed by atoms with Gasteiger partial charge in [0.05, 0.1) is 5.69 Å². The van der Waals surface area contributed by atoms with Gasteiger partial charge in [0.2, 0.25) is 5.91 Å². The SMILES string of the molecule is CCCC(=O)Nc1cc(Cl)c(C)cc1Br. The quantitative estimate of drug-likeness (QED) is 0.890. The standard InChI is InChI=1S/C11H13BrClNO/c1-3-4-11(15)14-10-6-9(13)7(2)5-8(10)12/h5-6H,3-4H2,1-2H3,(H,14,15). The zero-order valence-electron chi connectivity index (χ0n) is 8.73. The van der Waals surface area contributed by atoms with E-state index in [1.165, 1.54) is 0 Å². The molecule has 0 aliphatic carbocycles. The van der Waals surface area contributed by atoms with E-state index in [4.69, 9.17) is 11.6 Å². The lowest BCUT2D eigenvalue weighted by molar-refractivity contribution is -0.116. The van der Waals surface area contributed by atoms with E-state index in [0.29, 0.717) is 11.4 Å². The van der Waals surface area contributed by atoms with E-state index < -0.39 is 0 Å². The average Bonchev–Trinajstić information content (AvgIpc) is 2.14. The molecule has 1 amide bonds. The third-order valence-corrected chi connectivity index (χ3v) is 3.06. The molecule has 1 aromatic rings. The third-order valence-electron chi connectivity index (χ3n) is 2.00. The molecule has 82 valence electrons. The Bertz CT molecular complexity index is 379. The van der Waals surface area contributed by atoms with Crippen LogP contribution < -0.4 is 5.32 Å². The van der Waals surface area contributed by atoms with Crippen molar-refractivity contribution in [3.8, 4) is 0 Å². The molecule has 0 bridgehead atoms. The Morgan fingerprint density at radius 2 is 2.20 bits per heavy atom. The molecule has 15 heavy (non-hydrogen) atoms. The van der Waals surface area contributed by atoms with Gasteiger partial charge in [-0.05, 0) is 47.0 Å². The summed E-state index contributed by atoms with van der Waals surface area (Å²) in [6, 6.07) is 3.65. The zero-order chi connectivity index (χ0) is 11.4. The molecule has 0 aliphatic heterocycles. The third kappa shape index (κ3) is 3.50. The smallest absolute Gasteiger partial charge is 0.224 e. The first kappa shape index (κ1) is 12.5. The second-order valence-electron chi connectivity index (χ2n) is 3.38. The molecule has 0 saturated carbocycles. The fraction of sp³-hybridized carbons (Fsp3) is 0.364. The van der Waals surface area contributed by atoms with Crippen molar-refractivity contribution >= 4 is 39.1 Å². The maximum Gasteiger partial charge on any atom is 0.224 e. The van der Waals surface area contributed by atoms with Crippen molar-refractivity contribution in [1.29, 1.82) is 0 Å². The Hall–Kier alpha value is -0.540. The Labute approximate surface area is 103 Å². The number of amides is 1. The van der Waals surface area contributed by atoms with E-state index in [1.807, 2.05) is 19.9 Å². The Balaban J connectivity index is 2.86. The second-order valence-corrected chi connectivity index (χ2v) is 4.64. The minimum Gasteiger partial charge on any atom is -0.325 e. The molecule has 2 nitrogen and oxygen atoms in total. The van der Waals surface area contributed by atoms with Gasteiger partial charge < -0.3 is 5.32 Å². The van der Waals surface area contributed by atoms with Gasteiger partial charge in [0.15, 0.2) is 0 Å². The summed E-state index contributed by atoms with van der Waals surface area (Å²) in [6.45, 7) is 3.89. The van der Waals surface area contributed by atoms with Crippen LogP contribution in [0.2, 0.25) is 5.02 Å². The average molecular weight is 291 g/mol. The first-order chi connectivity index (χ1) is 7.04. The number of anilines is 1. The van der Waals surface area contributed by atoms with Gasteiger partial charge in [0, 0.05) is 15.9 Å². The summed E-state index contributed by atoms with van der Waals surface area (Å²) >= 11 is 9.36. The van der Waals surface area contributed by atoms with Gasteiger partial charge in [0.1, 0.15) is 0 Å². The van der Waals surface area contributed by atoms with Gasteiger partial charge in [-0.25, -0.2) is 0 Å². The summed E-state index contributed by atoms with van der Waals surface area (Å²) in [4.78, 5) is 11.4. The van der Waals surface area contributed by atoms with E-state index in [2.05, 4.69) is 21.2 Å². The normalized spacial score (nSPS) is 10.1. The topological polar surface area (TPSA) is 29.1 Å². The molecular formula is C11H13BrClNO. The van der Waals surface area contributed by atoms with Gasteiger partial charge in [-0.2, -0.15) is 0 Å². The number of nitrogens with one attached hydrogen (secondary N) is 1. The number of benzene rings is 1. The second kappa shape index (κ2) is 5.52. The zero-order valence-corrected chi connectivity index (χ0v) is 11.1. The molecule has 0 unspecified atom stereocenters. The highest BCUT2D eigenvalue weighted by Crippen LogP contribution is 2.29. The Morgan fingerprint density at radius 1 is 1.53 bits per heavy atom. The number of carbonyl (C=O) groups excluding carboxylic acids is 1. The predicted octanol–water partition coefficient (Wildman–Crippen LogP) is 4.15. The lowest BCUT2D eigenvalue weighted by Crippen LogP contribution is -2.11. The van der Waals surface area contributed by atoms with Crippen molar-refractivity contribution in [2.45, 2.75) is 26.7 Å². The molecule has 0 radical (unpaired) electrons. The number of hydrogen-bond donors (Lipinski definition) is 1. The molecule has 1 rings (SSSR count). The molecule has 0 aliphatic rings. The van der Waals surface area contributed by atoms with Gasteiger partial charge in [-0.15, -0.1) is 0 Å². The molecular weight excluding hydrogens is 277 g/mol. The van der Waals surface area contributed by atoms with Crippen LogP contribution in [-0.4, -0.2) is 5.91 Å². The van der Waals surface area contributed by atoms with Crippen LogP contribution in [0.15, 0.2) is 16.6 Å². The van der Waals surface area contributed by atoms with E-state index in [9.17, 15) is 4.79 Å². The maximum atomic E-state index is 11.4. The Morgan fingerprint density at radius 3 is 2.80 bits per heavy atom. The molecule has 0 saturated heterocycles. The summed E-state index contributed by atoms with van der Waals surface area (Å²) in [5.74, 6) is 0.0121. The maximum absolute atomic E-state index is 11.4. The van der Waals surface area contributed by atoms with Gasteiger partial charge in [-0.3, -0.25) is 4.79 Å². The summed E-state index contributed by atoms with van der Waals surface area (Å²) < 4.78 is 0.855. The van der Waals surface area contributed by atoms with E-state index in [-0.39, 0.29) is 5.91 Å². The monoisotopic (exact) mass is 289 g/mol. The van der Waals surface area contributed by atoms with Crippen LogP contribution in [0, 0.1) is 6.92 Å². The minimum absolute atomic E-state index is 0.0121. The van der Waals surface area contributed by atoms with Crippen molar-refractivity contribution in [1.82, 2.24) is 0 Å². The fourth-order valence-electron chi connectivity index (χ4n) is 1.18. The van der Waals surface area contributed by atoms with E-state index in [0.717, 1.165) is 22.1 Å². The molecule has 0 aromatic heterocycles. The highest BCUT2D eigenvalue weighted by molar-refractivity contribution is 9.10. The summed E-state index contributed by atoms with van der Waals surface area (Å²) in [6.07, 6.45) is 1.36.